The molecule has 1 heterocycles. The zero-order chi connectivity index (χ0) is 17.8. The molecule has 0 radical (unpaired) electrons. The first-order valence-electron chi connectivity index (χ1n) is 7.83. The third-order valence-corrected chi connectivity index (χ3v) is 5.15. The van der Waals surface area contributed by atoms with E-state index in [2.05, 4.69) is 14.9 Å². The van der Waals surface area contributed by atoms with Gasteiger partial charge in [-0.3, -0.25) is 0 Å². The third-order valence-electron chi connectivity index (χ3n) is 3.40. The summed E-state index contributed by atoms with van der Waals surface area (Å²) in [7, 11) is -1.30. The van der Waals surface area contributed by atoms with Crippen molar-refractivity contribution in [3.8, 4) is 0 Å². The molecule has 0 fully saturated rings. The van der Waals surface area contributed by atoms with E-state index in [1.165, 1.54) is 0 Å². The maximum absolute atomic E-state index is 12.6. The van der Waals surface area contributed by atoms with Gasteiger partial charge in [-0.25, -0.2) is 8.93 Å². The van der Waals surface area contributed by atoms with E-state index in [0.717, 1.165) is 5.56 Å². The first-order valence-corrected chi connectivity index (χ1v) is 8.98. The highest BCUT2D eigenvalue weighted by Crippen LogP contribution is 2.22. The van der Waals surface area contributed by atoms with Crippen LogP contribution in [0.2, 0.25) is 0 Å². The fourth-order valence-electron chi connectivity index (χ4n) is 1.97. The van der Waals surface area contributed by atoms with Crippen LogP contribution in [0.1, 0.15) is 45.0 Å². The van der Waals surface area contributed by atoms with Gasteiger partial charge in [-0.05, 0) is 33.3 Å². The van der Waals surface area contributed by atoms with Gasteiger partial charge in [0.05, 0.1) is 28.9 Å². The van der Waals surface area contributed by atoms with Crippen molar-refractivity contribution in [2.24, 2.45) is 0 Å². The summed E-state index contributed by atoms with van der Waals surface area (Å²) >= 11 is 0. The number of aromatic nitrogens is 2. The van der Waals surface area contributed by atoms with Crippen LogP contribution in [0.25, 0.3) is 0 Å². The van der Waals surface area contributed by atoms with E-state index in [4.69, 9.17) is 9.26 Å². The molecule has 2 aromatic rings. The number of hydrogen-bond donors (Lipinski definition) is 1. The maximum Gasteiger partial charge on any atom is 0.223 e. The molecule has 6 nitrogen and oxygen atoms in total. The number of nitrogens with zero attached hydrogens (tertiary/aromatic N) is 2. The Hall–Kier alpha value is -1.57. The van der Waals surface area contributed by atoms with Crippen molar-refractivity contribution in [1.82, 2.24) is 14.9 Å². The van der Waals surface area contributed by atoms with Crippen molar-refractivity contribution in [3.63, 3.8) is 0 Å². The maximum atomic E-state index is 12.6. The molecule has 0 saturated carbocycles. The number of ether oxygens (including phenoxy) is 1. The number of rotatable bonds is 7. The van der Waals surface area contributed by atoms with Crippen LogP contribution in [-0.4, -0.2) is 25.7 Å². The van der Waals surface area contributed by atoms with E-state index >= 15 is 0 Å². The van der Waals surface area contributed by atoms with Gasteiger partial charge < -0.3 is 9.26 Å². The average Bonchev–Trinajstić information content (AvgIpc) is 2.95. The highest BCUT2D eigenvalue weighted by Gasteiger charge is 2.36. The van der Waals surface area contributed by atoms with E-state index in [1.54, 1.807) is 6.92 Å². The highest BCUT2D eigenvalue weighted by molar-refractivity contribution is 7.84. The molecule has 0 aliphatic carbocycles. The van der Waals surface area contributed by atoms with E-state index in [1.807, 2.05) is 58.0 Å². The molecular weight excluding hydrogens is 326 g/mol. The summed E-state index contributed by atoms with van der Waals surface area (Å²) in [6, 6.07) is 9.89. The topological polar surface area (TPSA) is 77.2 Å². The second kappa shape index (κ2) is 7.55. The Morgan fingerprint density at radius 1 is 1.21 bits per heavy atom. The molecule has 0 aliphatic heterocycles. The molecular formula is C17H25N3O3S. The van der Waals surface area contributed by atoms with Gasteiger partial charge in [-0.1, -0.05) is 35.5 Å². The molecule has 1 aromatic heterocycles. The minimum atomic E-state index is -1.30. The van der Waals surface area contributed by atoms with Crippen molar-refractivity contribution >= 4 is 11.0 Å². The van der Waals surface area contributed by atoms with Crippen molar-refractivity contribution < 1.29 is 13.5 Å². The van der Waals surface area contributed by atoms with Gasteiger partial charge in [0.25, 0.3) is 0 Å². The van der Waals surface area contributed by atoms with Crippen molar-refractivity contribution in [3.05, 3.63) is 47.6 Å². The van der Waals surface area contributed by atoms with Gasteiger partial charge in [0.15, 0.2) is 5.82 Å². The Kier molecular flexibility index (Phi) is 5.90. The standard InChI is InChI=1S/C17H25N3O3S/c1-13-18-15(19-23-13)17(5,20-24(21)16(2,3)4)12-22-11-14-9-7-6-8-10-14/h6-10,20H,11-12H2,1-5H3/t17-,24-/m0/s1. The first kappa shape index (κ1) is 18.8. The molecule has 0 unspecified atom stereocenters. The molecule has 24 heavy (non-hydrogen) atoms. The normalized spacial score (nSPS) is 15.9. The molecule has 132 valence electrons. The van der Waals surface area contributed by atoms with Crippen LogP contribution in [0.5, 0.6) is 0 Å². The molecule has 2 atom stereocenters. The number of nitrogens with one attached hydrogen (secondary N) is 1. The monoisotopic (exact) mass is 351 g/mol. The molecule has 7 heteroatoms. The SMILES string of the molecule is Cc1nc([C@](C)(COCc2ccccc2)N[S@@](=O)C(C)(C)C)no1. The Bertz CT molecular complexity index is 682. The van der Waals surface area contributed by atoms with Crippen molar-refractivity contribution in [2.75, 3.05) is 6.61 Å². The minimum Gasteiger partial charge on any atom is -0.374 e. The summed E-state index contributed by atoms with van der Waals surface area (Å²) < 4.78 is 26.2. The Morgan fingerprint density at radius 2 is 1.88 bits per heavy atom. The minimum absolute atomic E-state index is 0.267. The Labute approximate surface area is 145 Å². The number of aryl methyl sites for hydroxylation is 1. The highest BCUT2D eigenvalue weighted by atomic mass is 32.2. The number of hydrogen-bond acceptors (Lipinski definition) is 5. The summed E-state index contributed by atoms with van der Waals surface area (Å²) in [6.07, 6.45) is 0. The van der Waals surface area contributed by atoms with Gasteiger partial charge in [0, 0.05) is 6.92 Å². The van der Waals surface area contributed by atoms with Gasteiger partial charge in [-0.15, -0.1) is 0 Å². The molecule has 1 aromatic carbocycles. The molecule has 0 spiro atoms. The second-order valence-corrected chi connectivity index (χ2v) is 8.90. The van der Waals surface area contributed by atoms with Crippen LogP contribution in [0, 0.1) is 6.92 Å². The summed E-state index contributed by atoms with van der Waals surface area (Å²) in [5.74, 6) is 0.897. The van der Waals surface area contributed by atoms with Gasteiger partial charge in [0.2, 0.25) is 5.89 Å². The Balaban J connectivity index is 2.12. The zero-order valence-corrected chi connectivity index (χ0v) is 15.6. The summed E-state index contributed by atoms with van der Waals surface area (Å²) in [5, 5.41) is 3.99. The van der Waals surface area contributed by atoms with Crippen LogP contribution in [0.3, 0.4) is 0 Å². The van der Waals surface area contributed by atoms with Crippen LogP contribution in [-0.2, 0) is 27.9 Å². The van der Waals surface area contributed by atoms with E-state index in [0.29, 0.717) is 18.3 Å². The van der Waals surface area contributed by atoms with Crippen molar-refractivity contribution in [1.29, 1.82) is 0 Å². The summed E-state index contributed by atoms with van der Waals surface area (Å²) in [4.78, 5) is 4.29. The van der Waals surface area contributed by atoms with E-state index in [9.17, 15) is 4.21 Å². The molecule has 0 saturated heterocycles. The average molecular weight is 351 g/mol. The smallest absolute Gasteiger partial charge is 0.223 e. The number of benzene rings is 1. The fourth-order valence-corrected chi connectivity index (χ4v) is 2.83. The van der Waals surface area contributed by atoms with Crippen LogP contribution in [0.4, 0.5) is 0 Å². The molecule has 0 amide bonds. The molecule has 0 aliphatic rings. The third kappa shape index (κ3) is 4.96. The summed E-state index contributed by atoms with van der Waals surface area (Å²) in [5.41, 5.74) is 0.256. The molecule has 2 rings (SSSR count). The second-order valence-electron chi connectivity index (χ2n) is 6.93. The Morgan fingerprint density at radius 3 is 2.42 bits per heavy atom. The zero-order valence-electron chi connectivity index (χ0n) is 14.8. The lowest BCUT2D eigenvalue weighted by atomic mass is 10.1. The lowest BCUT2D eigenvalue weighted by molar-refractivity contribution is 0.0683. The fraction of sp³-hybridized carbons (Fsp3) is 0.529. The van der Waals surface area contributed by atoms with E-state index < -0.39 is 21.3 Å². The molecule has 1 N–H and O–H groups in total. The predicted octanol–water partition coefficient (Wildman–Crippen LogP) is 2.86. The lowest BCUT2D eigenvalue weighted by Gasteiger charge is -2.30. The van der Waals surface area contributed by atoms with Gasteiger partial charge >= 0.3 is 0 Å². The van der Waals surface area contributed by atoms with E-state index in [-0.39, 0.29) is 6.61 Å². The predicted molar refractivity (Wildman–Crippen MR) is 93.5 cm³/mol. The summed E-state index contributed by atoms with van der Waals surface area (Å²) in [6.45, 7) is 10.0. The van der Waals surface area contributed by atoms with Gasteiger partial charge in [-0.2, -0.15) is 4.98 Å². The van der Waals surface area contributed by atoms with Gasteiger partial charge in [0.1, 0.15) is 5.54 Å². The van der Waals surface area contributed by atoms with Crippen LogP contribution >= 0.6 is 0 Å². The lowest BCUT2D eigenvalue weighted by Crippen LogP contribution is -2.49. The quantitative estimate of drug-likeness (QED) is 0.830. The van der Waals surface area contributed by atoms with Crippen LogP contribution in [0.15, 0.2) is 34.9 Å². The first-order chi connectivity index (χ1) is 11.2. The molecule has 0 bridgehead atoms. The van der Waals surface area contributed by atoms with Crippen LogP contribution < -0.4 is 4.72 Å². The van der Waals surface area contributed by atoms with Crippen molar-refractivity contribution in [2.45, 2.75) is 51.5 Å². The largest absolute Gasteiger partial charge is 0.374 e.